The maximum atomic E-state index is 11.6. The van der Waals surface area contributed by atoms with Crippen LogP contribution in [0.3, 0.4) is 0 Å². The van der Waals surface area contributed by atoms with Crippen molar-refractivity contribution in [2.24, 2.45) is 0 Å². The quantitative estimate of drug-likeness (QED) is 0.824. The smallest absolute Gasteiger partial charge is 0.323 e. The lowest BCUT2D eigenvalue weighted by molar-refractivity contribution is -0.147. The molecular formula is C12H14BrNO3. The van der Waals surface area contributed by atoms with Crippen molar-refractivity contribution in [1.29, 1.82) is 0 Å². The number of nitrogens with one attached hydrogen (secondary N) is 1. The Bertz CT molecular complexity index is 410. The van der Waals surface area contributed by atoms with Gasteiger partial charge in [0.05, 0.1) is 6.10 Å². The molecule has 1 fully saturated rings. The molecule has 0 aliphatic carbocycles. The molecule has 1 aromatic carbocycles. The fourth-order valence-corrected chi connectivity index (χ4v) is 2.23. The number of rotatable bonds is 3. The number of halogens is 1. The number of esters is 1. The lowest BCUT2D eigenvalue weighted by Crippen LogP contribution is -2.32. The second-order valence-corrected chi connectivity index (χ2v) is 5.00. The molecule has 1 saturated heterocycles. The number of ether oxygens (including phenoxy) is 1. The molecule has 1 aliphatic heterocycles. The Hall–Kier alpha value is -0.910. The molecule has 1 aromatic rings. The highest BCUT2D eigenvalue weighted by Crippen LogP contribution is 2.13. The molecule has 2 N–H and O–H groups in total. The minimum absolute atomic E-state index is 0.256. The van der Waals surface area contributed by atoms with Crippen LogP contribution in [0.25, 0.3) is 0 Å². The van der Waals surface area contributed by atoms with Gasteiger partial charge in [0.1, 0.15) is 12.6 Å². The van der Waals surface area contributed by atoms with E-state index in [-0.39, 0.29) is 18.6 Å². The first-order valence-corrected chi connectivity index (χ1v) is 6.27. The first-order valence-electron chi connectivity index (χ1n) is 5.47. The molecule has 0 amide bonds. The molecule has 2 atom stereocenters. The van der Waals surface area contributed by atoms with Gasteiger partial charge in [-0.1, -0.05) is 28.1 Å². The second kappa shape index (κ2) is 5.62. The van der Waals surface area contributed by atoms with Crippen molar-refractivity contribution in [2.45, 2.75) is 25.2 Å². The summed E-state index contributed by atoms with van der Waals surface area (Å²) >= 11 is 3.36. The maximum Gasteiger partial charge on any atom is 0.323 e. The molecule has 0 unspecified atom stereocenters. The van der Waals surface area contributed by atoms with Crippen LogP contribution in [0.5, 0.6) is 0 Å². The van der Waals surface area contributed by atoms with Gasteiger partial charge in [-0.05, 0) is 17.7 Å². The highest BCUT2D eigenvalue weighted by Gasteiger charge is 2.29. The largest absolute Gasteiger partial charge is 0.460 e. The molecule has 92 valence electrons. The Morgan fingerprint density at radius 1 is 1.59 bits per heavy atom. The third-order valence-corrected chi connectivity index (χ3v) is 3.16. The second-order valence-electron chi connectivity index (χ2n) is 4.09. The molecule has 0 saturated carbocycles. The Labute approximate surface area is 108 Å². The van der Waals surface area contributed by atoms with E-state index in [0.717, 1.165) is 10.0 Å². The van der Waals surface area contributed by atoms with Crippen molar-refractivity contribution in [3.63, 3.8) is 0 Å². The van der Waals surface area contributed by atoms with Crippen molar-refractivity contribution in [2.75, 3.05) is 6.54 Å². The van der Waals surface area contributed by atoms with Crippen LogP contribution < -0.4 is 5.32 Å². The summed E-state index contributed by atoms with van der Waals surface area (Å²) in [4.78, 5) is 11.6. The van der Waals surface area contributed by atoms with E-state index in [9.17, 15) is 9.90 Å². The van der Waals surface area contributed by atoms with Gasteiger partial charge in [0.15, 0.2) is 0 Å². The number of aliphatic hydroxyl groups excluding tert-OH is 1. The molecule has 1 heterocycles. The number of hydrogen-bond donors (Lipinski definition) is 2. The van der Waals surface area contributed by atoms with Gasteiger partial charge in [0.2, 0.25) is 0 Å². The summed E-state index contributed by atoms with van der Waals surface area (Å²) < 4.78 is 6.14. The molecular weight excluding hydrogens is 286 g/mol. The van der Waals surface area contributed by atoms with Crippen LogP contribution in [0.2, 0.25) is 0 Å². The summed E-state index contributed by atoms with van der Waals surface area (Å²) in [7, 11) is 0. The zero-order valence-electron chi connectivity index (χ0n) is 9.23. The zero-order chi connectivity index (χ0) is 12.3. The standard InChI is InChI=1S/C12H14BrNO3/c13-9-3-1-2-8(4-9)7-17-12(16)11-5-10(15)6-14-11/h1-4,10-11,14-15H,5-7H2/t10-,11+/m1/s1. The lowest BCUT2D eigenvalue weighted by atomic mass is 10.2. The topological polar surface area (TPSA) is 58.6 Å². The molecule has 0 bridgehead atoms. The summed E-state index contributed by atoms with van der Waals surface area (Å²) in [6, 6.07) is 7.24. The summed E-state index contributed by atoms with van der Waals surface area (Å²) in [6.45, 7) is 0.712. The van der Waals surface area contributed by atoms with Crippen LogP contribution in [-0.4, -0.2) is 29.8 Å². The third kappa shape index (κ3) is 3.52. The fourth-order valence-electron chi connectivity index (χ4n) is 1.78. The minimum Gasteiger partial charge on any atom is -0.460 e. The van der Waals surface area contributed by atoms with E-state index in [1.54, 1.807) is 0 Å². The Morgan fingerprint density at radius 2 is 2.41 bits per heavy atom. The normalized spacial score (nSPS) is 23.6. The number of carbonyl (C=O) groups excluding carboxylic acids is 1. The van der Waals surface area contributed by atoms with Gasteiger partial charge in [-0.2, -0.15) is 0 Å². The minimum atomic E-state index is -0.446. The number of aliphatic hydroxyl groups is 1. The highest BCUT2D eigenvalue weighted by molar-refractivity contribution is 9.10. The first-order chi connectivity index (χ1) is 8.15. The molecule has 4 nitrogen and oxygen atoms in total. The van der Waals surface area contributed by atoms with E-state index in [2.05, 4.69) is 21.2 Å². The number of benzene rings is 1. The molecule has 0 radical (unpaired) electrons. The van der Waals surface area contributed by atoms with Crippen molar-refractivity contribution in [3.05, 3.63) is 34.3 Å². The molecule has 2 rings (SSSR count). The molecule has 1 aliphatic rings. The monoisotopic (exact) mass is 299 g/mol. The van der Waals surface area contributed by atoms with Crippen LogP contribution in [0.15, 0.2) is 28.7 Å². The van der Waals surface area contributed by atoms with Gasteiger partial charge in [-0.25, -0.2) is 0 Å². The van der Waals surface area contributed by atoms with Crippen LogP contribution >= 0.6 is 15.9 Å². The summed E-state index contributed by atoms with van der Waals surface area (Å²) in [6.07, 6.45) is -0.0180. The Balaban J connectivity index is 1.84. The van der Waals surface area contributed by atoms with Crippen molar-refractivity contribution >= 4 is 21.9 Å². The number of carbonyl (C=O) groups is 1. The van der Waals surface area contributed by atoms with E-state index in [4.69, 9.17) is 4.74 Å². The van der Waals surface area contributed by atoms with Crippen LogP contribution in [0, 0.1) is 0 Å². The molecule has 0 aromatic heterocycles. The van der Waals surface area contributed by atoms with Gasteiger partial charge in [-0.15, -0.1) is 0 Å². The lowest BCUT2D eigenvalue weighted by Gasteiger charge is -2.10. The predicted molar refractivity (Wildman–Crippen MR) is 66.4 cm³/mol. The summed E-state index contributed by atoms with van der Waals surface area (Å²) in [5.41, 5.74) is 0.936. The SMILES string of the molecule is O=C(OCc1cccc(Br)c1)[C@@H]1C[C@@H](O)CN1. The summed E-state index contributed by atoms with van der Waals surface area (Å²) in [5.74, 6) is -0.304. The molecule has 5 heteroatoms. The third-order valence-electron chi connectivity index (χ3n) is 2.66. The molecule has 0 spiro atoms. The van der Waals surface area contributed by atoms with Gasteiger partial charge in [0, 0.05) is 17.4 Å². The number of β-amino-alcohol motifs (C(OH)–C–C–N with tert-alkyl or cyclic N) is 1. The Morgan fingerprint density at radius 3 is 3.06 bits per heavy atom. The van der Waals surface area contributed by atoms with Gasteiger partial charge < -0.3 is 15.2 Å². The van der Waals surface area contributed by atoms with Crippen molar-refractivity contribution in [1.82, 2.24) is 5.32 Å². The zero-order valence-corrected chi connectivity index (χ0v) is 10.8. The van der Waals surface area contributed by atoms with E-state index >= 15 is 0 Å². The fraction of sp³-hybridized carbons (Fsp3) is 0.417. The van der Waals surface area contributed by atoms with E-state index < -0.39 is 6.10 Å². The Kier molecular flexibility index (Phi) is 4.15. The first kappa shape index (κ1) is 12.5. The van der Waals surface area contributed by atoms with Gasteiger partial charge >= 0.3 is 5.97 Å². The maximum absolute atomic E-state index is 11.6. The van der Waals surface area contributed by atoms with Crippen molar-refractivity contribution in [3.8, 4) is 0 Å². The van der Waals surface area contributed by atoms with Crippen LogP contribution in [-0.2, 0) is 16.1 Å². The summed E-state index contributed by atoms with van der Waals surface area (Å²) in [5, 5.41) is 12.2. The van der Waals surface area contributed by atoms with Crippen molar-refractivity contribution < 1.29 is 14.6 Å². The average molecular weight is 300 g/mol. The van der Waals surface area contributed by atoms with Crippen LogP contribution in [0.1, 0.15) is 12.0 Å². The number of hydrogen-bond acceptors (Lipinski definition) is 4. The highest BCUT2D eigenvalue weighted by atomic mass is 79.9. The van der Waals surface area contributed by atoms with E-state index in [1.807, 2.05) is 24.3 Å². The van der Waals surface area contributed by atoms with Gasteiger partial charge in [0.25, 0.3) is 0 Å². The van der Waals surface area contributed by atoms with E-state index in [0.29, 0.717) is 13.0 Å². The van der Waals surface area contributed by atoms with Gasteiger partial charge in [-0.3, -0.25) is 4.79 Å². The predicted octanol–water partition coefficient (Wildman–Crippen LogP) is 1.22. The molecule has 17 heavy (non-hydrogen) atoms. The van der Waals surface area contributed by atoms with Crippen LogP contribution in [0.4, 0.5) is 0 Å². The average Bonchev–Trinajstić information content (AvgIpc) is 2.73. The van der Waals surface area contributed by atoms with E-state index in [1.165, 1.54) is 0 Å².